The first-order valence-electron chi connectivity index (χ1n) is 5.10. The highest BCUT2D eigenvalue weighted by atomic mass is 35.5. The van der Waals surface area contributed by atoms with Crippen LogP contribution in [0.4, 0.5) is 0 Å². The second-order valence-corrected chi connectivity index (χ2v) is 4.20. The molecule has 94 valence electrons. The van der Waals surface area contributed by atoms with E-state index in [-0.39, 0.29) is 0 Å². The van der Waals surface area contributed by atoms with Crippen molar-refractivity contribution in [3.8, 4) is 0 Å². The van der Waals surface area contributed by atoms with Gasteiger partial charge in [-0.15, -0.1) is 0 Å². The van der Waals surface area contributed by atoms with E-state index in [1.165, 1.54) is 0 Å². The van der Waals surface area contributed by atoms with Crippen molar-refractivity contribution in [3.05, 3.63) is 33.8 Å². The topological polar surface area (TPSA) is 59.6 Å². The fourth-order valence-electron chi connectivity index (χ4n) is 1.16. The van der Waals surface area contributed by atoms with Crippen molar-refractivity contribution >= 4 is 29.2 Å². The molecule has 0 saturated heterocycles. The van der Waals surface area contributed by atoms with Gasteiger partial charge in [-0.1, -0.05) is 29.3 Å². The molecule has 0 fully saturated rings. The van der Waals surface area contributed by atoms with Crippen LogP contribution in [0.25, 0.3) is 0 Å². The van der Waals surface area contributed by atoms with Gasteiger partial charge in [0.05, 0.1) is 13.2 Å². The van der Waals surface area contributed by atoms with Gasteiger partial charge in [0.15, 0.2) is 5.96 Å². The number of hydrogen-bond donors (Lipinski definition) is 2. The number of rotatable bonds is 5. The summed E-state index contributed by atoms with van der Waals surface area (Å²) >= 11 is 11.8. The van der Waals surface area contributed by atoms with Crippen molar-refractivity contribution in [2.24, 2.45) is 10.7 Å². The van der Waals surface area contributed by atoms with Gasteiger partial charge < -0.3 is 15.8 Å². The van der Waals surface area contributed by atoms with E-state index in [0.29, 0.717) is 35.7 Å². The van der Waals surface area contributed by atoms with Crippen molar-refractivity contribution in [1.29, 1.82) is 0 Å². The van der Waals surface area contributed by atoms with E-state index >= 15 is 0 Å². The van der Waals surface area contributed by atoms with E-state index in [4.69, 9.17) is 33.7 Å². The predicted molar refractivity (Wildman–Crippen MR) is 71.7 cm³/mol. The van der Waals surface area contributed by atoms with E-state index in [9.17, 15) is 0 Å². The molecule has 1 rings (SSSR count). The zero-order chi connectivity index (χ0) is 12.7. The number of hydrogen-bond acceptors (Lipinski definition) is 2. The summed E-state index contributed by atoms with van der Waals surface area (Å²) in [5.41, 5.74) is 6.54. The van der Waals surface area contributed by atoms with Crippen LogP contribution < -0.4 is 11.1 Å². The first-order valence-corrected chi connectivity index (χ1v) is 5.85. The van der Waals surface area contributed by atoms with Crippen LogP contribution in [0.3, 0.4) is 0 Å². The first kappa shape index (κ1) is 14.1. The number of nitrogens with zero attached hydrogens (tertiary/aromatic N) is 1. The van der Waals surface area contributed by atoms with Crippen LogP contribution in [-0.2, 0) is 11.3 Å². The normalized spacial score (nSPS) is 11.6. The lowest BCUT2D eigenvalue weighted by Crippen LogP contribution is -2.34. The molecule has 1 aromatic carbocycles. The van der Waals surface area contributed by atoms with Crippen molar-refractivity contribution in [3.63, 3.8) is 0 Å². The zero-order valence-corrected chi connectivity index (χ0v) is 11.1. The van der Waals surface area contributed by atoms with Crippen LogP contribution in [0.5, 0.6) is 0 Å². The third-order valence-electron chi connectivity index (χ3n) is 2.05. The third kappa shape index (κ3) is 5.26. The molecule has 0 heterocycles. The molecule has 0 bridgehead atoms. The van der Waals surface area contributed by atoms with Crippen LogP contribution in [0.2, 0.25) is 10.0 Å². The molecule has 0 amide bonds. The number of halogens is 2. The SMILES string of the molecule is COCCNC(N)=NCc1ccc(Cl)cc1Cl. The Morgan fingerprint density at radius 3 is 2.88 bits per heavy atom. The Bertz CT molecular complexity index is 396. The van der Waals surface area contributed by atoms with Crippen molar-refractivity contribution in [1.82, 2.24) is 5.32 Å². The Balaban J connectivity index is 2.50. The van der Waals surface area contributed by atoms with Gasteiger partial charge in [-0.25, -0.2) is 4.99 Å². The summed E-state index contributed by atoms with van der Waals surface area (Å²) in [5.74, 6) is 0.369. The lowest BCUT2D eigenvalue weighted by molar-refractivity contribution is 0.204. The van der Waals surface area contributed by atoms with Gasteiger partial charge in [-0.05, 0) is 17.7 Å². The Morgan fingerprint density at radius 1 is 1.47 bits per heavy atom. The van der Waals surface area contributed by atoms with Crippen LogP contribution in [0, 0.1) is 0 Å². The van der Waals surface area contributed by atoms with Gasteiger partial charge in [0.1, 0.15) is 0 Å². The maximum atomic E-state index is 6.00. The van der Waals surface area contributed by atoms with Crippen molar-refractivity contribution < 1.29 is 4.74 Å². The first-order chi connectivity index (χ1) is 8.13. The summed E-state index contributed by atoms with van der Waals surface area (Å²) in [4.78, 5) is 4.16. The van der Waals surface area contributed by atoms with Crippen molar-refractivity contribution in [2.45, 2.75) is 6.54 Å². The highest BCUT2D eigenvalue weighted by molar-refractivity contribution is 6.35. The van der Waals surface area contributed by atoms with Gasteiger partial charge >= 0.3 is 0 Å². The molecular weight excluding hydrogens is 261 g/mol. The Labute approximate surface area is 111 Å². The third-order valence-corrected chi connectivity index (χ3v) is 2.63. The second-order valence-electron chi connectivity index (χ2n) is 3.36. The highest BCUT2D eigenvalue weighted by Gasteiger charge is 2.00. The Kier molecular flexibility index (Phi) is 6.11. The molecule has 0 atom stereocenters. The molecule has 0 radical (unpaired) electrons. The maximum absolute atomic E-state index is 6.00. The molecule has 3 N–H and O–H groups in total. The molecule has 0 aromatic heterocycles. The van der Waals surface area contributed by atoms with Crippen LogP contribution in [0.15, 0.2) is 23.2 Å². The van der Waals surface area contributed by atoms with Crippen LogP contribution >= 0.6 is 23.2 Å². The summed E-state index contributed by atoms with van der Waals surface area (Å²) in [6, 6.07) is 5.28. The molecular formula is C11H15Cl2N3O. The Morgan fingerprint density at radius 2 is 2.24 bits per heavy atom. The zero-order valence-electron chi connectivity index (χ0n) is 9.54. The number of nitrogens with one attached hydrogen (secondary N) is 1. The van der Waals surface area contributed by atoms with Crippen molar-refractivity contribution in [2.75, 3.05) is 20.3 Å². The van der Waals surface area contributed by atoms with Crippen LogP contribution in [-0.4, -0.2) is 26.2 Å². The van der Waals surface area contributed by atoms with E-state index in [0.717, 1.165) is 5.56 Å². The van der Waals surface area contributed by atoms with E-state index in [1.54, 1.807) is 19.2 Å². The lowest BCUT2D eigenvalue weighted by atomic mass is 10.2. The number of nitrogens with two attached hydrogens (primary N) is 1. The second kappa shape index (κ2) is 7.37. The van der Waals surface area contributed by atoms with Gasteiger partial charge in [-0.2, -0.15) is 0 Å². The average molecular weight is 276 g/mol. The van der Waals surface area contributed by atoms with Gasteiger partial charge in [0, 0.05) is 23.7 Å². The molecule has 0 aliphatic rings. The molecule has 0 unspecified atom stereocenters. The minimum absolute atomic E-state index is 0.369. The molecule has 1 aromatic rings. The molecule has 17 heavy (non-hydrogen) atoms. The predicted octanol–water partition coefficient (Wildman–Crippen LogP) is 2.04. The summed E-state index contributed by atoms with van der Waals surface area (Å²) in [6.45, 7) is 1.62. The molecule has 0 aliphatic carbocycles. The van der Waals surface area contributed by atoms with Gasteiger partial charge in [0.25, 0.3) is 0 Å². The number of ether oxygens (including phenoxy) is 1. The highest BCUT2D eigenvalue weighted by Crippen LogP contribution is 2.21. The van der Waals surface area contributed by atoms with E-state index in [1.807, 2.05) is 6.07 Å². The largest absolute Gasteiger partial charge is 0.383 e. The fraction of sp³-hybridized carbons (Fsp3) is 0.364. The summed E-state index contributed by atoms with van der Waals surface area (Å²) in [7, 11) is 1.63. The van der Waals surface area contributed by atoms with E-state index < -0.39 is 0 Å². The molecule has 0 saturated carbocycles. The molecule has 4 nitrogen and oxygen atoms in total. The van der Waals surface area contributed by atoms with E-state index in [2.05, 4.69) is 10.3 Å². The average Bonchev–Trinajstić information content (AvgIpc) is 2.28. The minimum atomic E-state index is 0.369. The monoisotopic (exact) mass is 275 g/mol. The summed E-state index contributed by atoms with van der Waals surface area (Å²) in [6.07, 6.45) is 0. The fourth-order valence-corrected chi connectivity index (χ4v) is 1.63. The number of benzene rings is 1. The van der Waals surface area contributed by atoms with Gasteiger partial charge in [0.2, 0.25) is 0 Å². The summed E-state index contributed by atoms with van der Waals surface area (Å²) < 4.78 is 4.88. The van der Waals surface area contributed by atoms with Crippen LogP contribution in [0.1, 0.15) is 5.56 Å². The van der Waals surface area contributed by atoms with Gasteiger partial charge in [-0.3, -0.25) is 0 Å². The number of guanidine groups is 1. The number of aliphatic imine (C=N–C) groups is 1. The molecule has 0 spiro atoms. The molecule has 6 heteroatoms. The lowest BCUT2D eigenvalue weighted by Gasteiger charge is -2.05. The molecule has 0 aliphatic heterocycles. The number of methoxy groups -OCH3 is 1. The summed E-state index contributed by atoms with van der Waals surface area (Å²) in [5, 5.41) is 4.11. The maximum Gasteiger partial charge on any atom is 0.188 e. The smallest absolute Gasteiger partial charge is 0.188 e. The quantitative estimate of drug-likeness (QED) is 0.491. The Hall–Kier alpha value is -0.970. The minimum Gasteiger partial charge on any atom is -0.383 e. The standard InChI is InChI=1S/C11H15Cl2N3O/c1-17-5-4-15-11(14)16-7-8-2-3-9(12)6-10(8)13/h2-3,6H,4-5,7H2,1H3,(H3,14,15,16).